The van der Waals surface area contributed by atoms with E-state index in [0.717, 1.165) is 12.1 Å². The number of nitrogens with zero attached hydrogens (tertiary/aromatic N) is 3. The van der Waals surface area contributed by atoms with Crippen molar-refractivity contribution in [1.82, 2.24) is 19.5 Å². The van der Waals surface area contributed by atoms with E-state index in [4.69, 9.17) is 28.4 Å². The Morgan fingerprint density at radius 2 is 1.58 bits per heavy atom. The van der Waals surface area contributed by atoms with Crippen molar-refractivity contribution in [3.63, 3.8) is 0 Å². The first-order valence-electron chi connectivity index (χ1n) is 17.3. The second kappa shape index (κ2) is 12.2. The molecule has 256 valence electrons. The van der Waals surface area contributed by atoms with Crippen molar-refractivity contribution in [3.8, 4) is 11.1 Å². The van der Waals surface area contributed by atoms with Crippen LogP contribution in [0.1, 0.15) is 79.2 Å². The number of hydrogen-bond acceptors (Lipinski definition) is 9. The van der Waals surface area contributed by atoms with Gasteiger partial charge < -0.3 is 28.8 Å². The maximum Gasteiger partial charge on any atom is 0.335 e. The molecule has 2 saturated heterocycles. The molecular weight excluding hydrogens is 641 g/mol. The fourth-order valence-corrected chi connectivity index (χ4v) is 19.2. The van der Waals surface area contributed by atoms with Crippen LogP contribution in [0.2, 0.25) is 22.2 Å². The molecule has 11 nitrogen and oxygen atoms in total. The molecule has 2 aromatic heterocycles. The monoisotopic (exact) mass is 688 g/mol. The fourth-order valence-electron chi connectivity index (χ4n) is 7.99. The van der Waals surface area contributed by atoms with E-state index >= 15 is 0 Å². The number of fused-ring (bicyclic) bond motifs is 5. The van der Waals surface area contributed by atoms with Crippen LogP contribution in [0, 0.1) is 0 Å². The molecule has 1 aliphatic carbocycles. The van der Waals surface area contributed by atoms with Crippen LogP contribution in [0.5, 0.6) is 0 Å². The van der Waals surface area contributed by atoms with Crippen molar-refractivity contribution in [2.75, 3.05) is 17.7 Å². The summed E-state index contributed by atoms with van der Waals surface area (Å²) in [4.78, 5) is 25.1. The fraction of sp³-hybridized carbons (Fsp3) is 0.514. The highest BCUT2D eigenvalue weighted by atomic mass is 28.5. The number of nitrogens with two attached hydrogens (primary N) is 1. The van der Waals surface area contributed by atoms with Gasteiger partial charge in [0.25, 0.3) is 5.56 Å². The first-order valence-corrected chi connectivity index (χ1v) is 21.2. The third-order valence-electron chi connectivity index (χ3n) is 10.4. The number of H-pyrrole nitrogens is 1. The van der Waals surface area contributed by atoms with Gasteiger partial charge in [0, 0.05) is 12.1 Å². The van der Waals surface area contributed by atoms with Gasteiger partial charge in [-0.25, -0.2) is 4.98 Å². The number of ether oxygens (including phenoxy) is 1. The molecular formula is C35H48N6O5Si2. The van der Waals surface area contributed by atoms with Crippen molar-refractivity contribution in [3.05, 3.63) is 63.9 Å². The minimum atomic E-state index is -2.84. The molecule has 0 unspecified atom stereocenters. The second-order valence-electron chi connectivity index (χ2n) is 14.8. The highest BCUT2D eigenvalue weighted by Gasteiger charge is 2.60. The standard InChI is InChI=1S/C35H48N6O5Si2/c1-19(2)47(20(3)4)43-18-29-28(45-48(46-47,21(5)6)22(7)8)17-30(44-29)41-32-31(33(42)40-34(36)39-32)38-35(41)37-25-14-13-24-15-23-11-9-10-12-26(23)27(24)16-25/h9-14,16,19-22,28-30H,15,17-18H2,1-8H3,(H,37,38)(H3,36,39,40,42)/t28-,29+,30+/m0/s1. The summed E-state index contributed by atoms with van der Waals surface area (Å²) >= 11 is 0. The lowest BCUT2D eigenvalue weighted by Gasteiger charge is -2.51. The highest BCUT2D eigenvalue weighted by Crippen LogP contribution is 2.49. The first kappa shape index (κ1) is 33.2. The third kappa shape index (κ3) is 5.35. The number of aromatic amines is 1. The van der Waals surface area contributed by atoms with Crippen LogP contribution < -0.4 is 16.6 Å². The smallest absolute Gasteiger partial charge is 0.335 e. The molecule has 2 aromatic carbocycles. The van der Waals surface area contributed by atoms with E-state index in [1.165, 1.54) is 22.3 Å². The highest BCUT2D eigenvalue weighted by molar-refractivity contribution is 6.84. The first-order chi connectivity index (χ1) is 22.8. The predicted molar refractivity (Wildman–Crippen MR) is 193 cm³/mol. The number of benzene rings is 2. The molecule has 7 rings (SSSR count). The molecule has 2 fully saturated rings. The third-order valence-corrected chi connectivity index (χ3v) is 20.7. The summed E-state index contributed by atoms with van der Waals surface area (Å²) in [6, 6.07) is 14.8. The predicted octanol–water partition coefficient (Wildman–Crippen LogP) is 7.26. The molecule has 0 saturated carbocycles. The summed E-state index contributed by atoms with van der Waals surface area (Å²) in [7, 11) is -5.57. The van der Waals surface area contributed by atoms with Gasteiger partial charge in [-0.1, -0.05) is 85.7 Å². The van der Waals surface area contributed by atoms with E-state index in [1.807, 2.05) is 10.6 Å². The largest absolute Gasteiger partial charge is 0.414 e. The van der Waals surface area contributed by atoms with Gasteiger partial charge in [0.15, 0.2) is 11.2 Å². The van der Waals surface area contributed by atoms with Crippen molar-refractivity contribution < 1.29 is 17.7 Å². The average molecular weight is 689 g/mol. The maximum absolute atomic E-state index is 13.1. The summed E-state index contributed by atoms with van der Waals surface area (Å²) < 4.78 is 30.4. The van der Waals surface area contributed by atoms with E-state index in [0.29, 0.717) is 24.6 Å². The molecule has 2 aliphatic heterocycles. The van der Waals surface area contributed by atoms with Gasteiger partial charge in [0.1, 0.15) is 12.3 Å². The lowest BCUT2D eigenvalue weighted by Crippen LogP contribution is -2.65. The minimum absolute atomic E-state index is 0.0158. The molecule has 0 amide bonds. The van der Waals surface area contributed by atoms with Gasteiger partial charge >= 0.3 is 17.1 Å². The van der Waals surface area contributed by atoms with E-state index in [9.17, 15) is 4.79 Å². The topological polar surface area (TPSA) is 139 Å². The lowest BCUT2D eigenvalue weighted by atomic mass is 10.1. The number of aromatic nitrogens is 4. The zero-order valence-electron chi connectivity index (χ0n) is 29.2. The number of rotatable bonds is 7. The van der Waals surface area contributed by atoms with Crippen molar-refractivity contribution in [2.24, 2.45) is 0 Å². The van der Waals surface area contributed by atoms with Crippen molar-refractivity contribution in [2.45, 2.75) is 109 Å². The van der Waals surface area contributed by atoms with Crippen molar-refractivity contribution in [1.29, 1.82) is 0 Å². The number of imidazole rings is 1. The summed E-state index contributed by atoms with van der Waals surface area (Å²) in [6.07, 6.45) is 0.254. The number of nitrogen functional groups attached to an aromatic ring is 1. The Labute approximate surface area is 284 Å². The molecule has 4 heterocycles. The van der Waals surface area contributed by atoms with Gasteiger partial charge in [-0.15, -0.1) is 0 Å². The van der Waals surface area contributed by atoms with Gasteiger partial charge in [-0.05, 0) is 63.0 Å². The van der Waals surface area contributed by atoms with Gasteiger partial charge in [0.2, 0.25) is 11.9 Å². The lowest BCUT2D eigenvalue weighted by molar-refractivity contribution is -0.0539. The van der Waals surface area contributed by atoms with E-state index in [1.54, 1.807) is 0 Å². The van der Waals surface area contributed by atoms with Gasteiger partial charge in [-0.2, -0.15) is 4.98 Å². The molecule has 3 aliphatic rings. The van der Waals surface area contributed by atoms with E-state index in [2.05, 4.69) is 107 Å². The number of nitrogens with one attached hydrogen (secondary N) is 2. The molecule has 0 spiro atoms. The SMILES string of the molecule is CC(C)[Si]1(C(C)C)OC[C@H]2O[C@@H](n3c(Nc4ccc5c(c4)-c4ccccc4C5)nc4c(=O)[nH]c(N)nc43)C[C@@H]2O[Si](C(C)C)(C(C)C)O1. The normalized spacial score (nSPS) is 23.0. The molecule has 13 heteroatoms. The summed E-state index contributed by atoms with van der Waals surface area (Å²) in [5.74, 6) is 0.461. The maximum atomic E-state index is 13.1. The summed E-state index contributed by atoms with van der Waals surface area (Å²) in [5.41, 5.74) is 12.9. The van der Waals surface area contributed by atoms with Crippen molar-refractivity contribution >= 4 is 45.9 Å². The minimum Gasteiger partial charge on any atom is -0.414 e. The van der Waals surface area contributed by atoms with E-state index < -0.39 is 28.9 Å². The van der Waals surface area contributed by atoms with Crippen LogP contribution in [0.15, 0.2) is 47.3 Å². The van der Waals surface area contributed by atoms with Crippen LogP contribution in [0.4, 0.5) is 17.6 Å². The molecule has 4 N–H and O–H groups in total. The zero-order valence-corrected chi connectivity index (χ0v) is 31.2. The Bertz CT molecular complexity index is 1890. The Hall–Kier alpha value is -3.34. The molecule has 3 atom stereocenters. The summed E-state index contributed by atoms with van der Waals surface area (Å²) in [5, 5.41) is 3.50. The Kier molecular flexibility index (Phi) is 8.44. The van der Waals surface area contributed by atoms with Gasteiger partial charge in [0.05, 0.1) is 12.7 Å². The Morgan fingerprint density at radius 3 is 2.29 bits per heavy atom. The zero-order chi connectivity index (χ0) is 34.1. The Morgan fingerprint density at radius 1 is 0.896 bits per heavy atom. The van der Waals surface area contributed by atoms with E-state index in [-0.39, 0.29) is 45.8 Å². The quantitative estimate of drug-likeness (QED) is 0.151. The number of hydrogen-bond donors (Lipinski definition) is 3. The molecule has 48 heavy (non-hydrogen) atoms. The van der Waals surface area contributed by atoms with Crippen LogP contribution in [0.3, 0.4) is 0 Å². The molecule has 0 bridgehead atoms. The second-order valence-corrected chi connectivity index (χ2v) is 23.6. The van der Waals surface area contributed by atoms with Gasteiger partial charge in [-0.3, -0.25) is 14.3 Å². The molecule has 0 radical (unpaired) electrons. The van der Waals surface area contributed by atoms with Crippen LogP contribution >= 0.6 is 0 Å². The summed E-state index contributed by atoms with van der Waals surface area (Å²) in [6.45, 7) is 18.1. The Balaban J connectivity index is 1.29. The average Bonchev–Trinajstić information content (AvgIpc) is 3.69. The number of anilines is 3. The van der Waals surface area contributed by atoms with Crippen LogP contribution in [0.25, 0.3) is 22.3 Å². The molecule has 4 aromatic rings. The van der Waals surface area contributed by atoms with Crippen LogP contribution in [-0.4, -0.2) is 55.5 Å². The van der Waals surface area contributed by atoms with Crippen LogP contribution in [-0.2, 0) is 24.1 Å².